The van der Waals surface area contributed by atoms with Crippen molar-refractivity contribution in [1.29, 1.82) is 0 Å². The minimum Gasteiger partial charge on any atom is -0.368 e. The number of aromatic amines is 1. The normalized spacial score (nSPS) is 18.9. The zero-order chi connectivity index (χ0) is 19.7. The van der Waals surface area contributed by atoms with Crippen molar-refractivity contribution >= 4 is 58.2 Å². The number of benzene rings is 2. The summed E-state index contributed by atoms with van der Waals surface area (Å²) in [5.41, 5.74) is 1.89. The molecule has 0 unspecified atom stereocenters. The first kappa shape index (κ1) is 20.4. The Morgan fingerprint density at radius 3 is 2.64 bits per heavy atom. The molecular formula is C20H16Cl4N2OS. The van der Waals surface area contributed by atoms with Gasteiger partial charge in [-0.25, -0.2) is 4.98 Å². The van der Waals surface area contributed by atoms with Crippen molar-refractivity contribution in [3.8, 4) is 0 Å². The number of nitrogens with zero attached hydrogens (tertiary/aromatic N) is 1. The van der Waals surface area contributed by atoms with Gasteiger partial charge in [0.05, 0.1) is 17.7 Å². The largest absolute Gasteiger partial charge is 0.368 e. The average Bonchev–Trinajstić information content (AvgIpc) is 3.15. The highest BCUT2D eigenvalue weighted by molar-refractivity contribution is 7.99. The van der Waals surface area contributed by atoms with E-state index in [1.807, 2.05) is 24.4 Å². The number of hydrogen-bond donors (Lipinski definition) is 1. The fourth-order valence-electron chi connectivity index (χ4n) is 3.34. The molecule has 2 aromatic carbocycles. The van der Waals surface area contributed by atoms with E-state index in [1.165, 1.54) is 0 Å². The summed E-state index contributed by atoms with van der Waals surface area (Å²) in [6, 6.07) is 9.13. The lowest BCUT2D eigenvalue weighted by Gasteiger charge is -2.33. The second-order valence-electron chi connectivity index (χ2n) is 6.58. The van der Waals surface area contributed by atoms with Crippen molar-refractivity contribution < 1.29 is 4.74 Å². The minimum atomic E-state index is -0.177. The standard InChI is InChI=1S/C20H16Cl4N2OS/c21-13-2-1-11(16(23)7-13)9-27-19-12(5-18-25-3-4-26-18)10-28-20-15(19)6-14(22)8-17(20)24/h1-4,6-8,12,19H,5,9-10H2,(H,25,26)/t12-,19-/m0/s1. The molecule has 2 heterocycles. The quantitative estimate of drug-likeness (QED) is 0.424. The third-order valence-electron chi connectivity index (χ3n) is 4.66. The lowest BCUT2D eigenvalue weighted by molar-refractivity contribution is 0.00179. The SMILES string of the molecule is Clc1ccc(CO[C@@H]2c3cc(Cl)cc(Cl)c3SC[C@@H]2Cc2ncc[nH]2)c(Cl)c1. The molecule has 1 aliphatic rings. The van der Waals surface area contributed by atoms with Crippen LogP contribution in [-0.2, 0) is 17.8 Å². The molecule has 0 saturated heterocycles. The van der Waals surface area contributed by atoms with E-state index in [4.69, 9.17) is 51.1 Å². The Bertz CT molecular complexity index is 981. The van der Waals surface area contributed by atoms with E-state index < -0.39 is 0 Å². The Morgan fingerprint density at radius 1 is 1.07 bits per heavy atom. The van der Waals surface area contributed by atoms with Crippen LogP contribution in [0.3, 0.4) is 0 Å². The Morgan fingerprint density at radius 2 is 1.89 bits per heavy atom. The molecule has 0 amide bonds. The van der Waals surface area contributed by atoms with Crippen LogP contribution in [0.2, 0.25) is 20.1 Å². The summed E-state index contributed by atoms with van der Waals surface area (Å²) in [6.07, 6.45) is 4.18. The second kappa shape index (κ2) is 8.86. The lowest BCUT2D eigenvalue weighted by Crippen LogP contribution is -2.25. The van der Waals surface area contributed by atoms with Gasteiger partial charge in [-0.15, -0.1) is 11.8 Å². The van der Waals surface area contributed by atoms with E-state index in [-0.39, 0.29) is 12.0 Å². The van der Waals surface area contributed by atoms with E-state index in [0.29, 0.717) is 26.7 Å². The number of aromatic nitrogens is 2. The maximum absolute atomic E-state index is 6.45. The van der Waals surface area contributed by atoms with Crippen LogP contribution in [0.5, 0.6) is 0 Å². The number of rotatable bonds is 5. The number of hydrogen-bond acceptors (Lipinski definition) is 3. The summed E-state index contributed by atoms with van der Waals surface area (Å²) in [6.45, 7) is 0.365. The first-order valence-corrected chi connectivity index (χ1v) is 11.2. The first-order chi connectivity index (χ1) is 13.5. The average molecular weight is 474 g/mol. The van der Waals surface area contributed by atoms with Gasteiger partial charge in [0, 0.05) is 50.4 Å². The molecule has 28 heavy (non-hydrogen) atoms. The highest BCUT2D eigenvalue weighted by atomic mass is 35.5. The van der Waals surface area contributed by atoms with Gasteiger partial charge >= 0.3 is 0 Å². The molecular weight excluding hydrogens is 458 g/mol. The lowest BCUT2D eigenvalue weighted by atomic mass is 9.93. The first-order valence-electron chi connectivity index (χ1n) is 8.67. The molecule has 0 aliphatic carbocycles. The molecule has 8 heteroatoms. The number of imidazole rings is 1. The van der Waals surface area contributed by atoms with Crippen LogP contribution < -0.4 is 0 Å². The van der Waals surface area contributed by atoms with Crippen molar-refractivity contribution in [1.82, 2.24) is 9.97 Å². The molecule has 0 bridgehead atoms. The molecule has 3 aromatic rings. The van der Waals surface area contributed by atoms with Crippen molar-refractivity contribution in [3.05, 3.63) is 79.8 Å². The molecule has 4 rings (SSSR count). The molecule has 1 N–H and O–H groups in total. The molecule has 0 radical (unpaired) electrons. The van der Waals surface area contributed by atoms with E-state index in [1.54, 1.807) is 30.1 Å². The van der Waals surface area contributed by atoms with Crippen LogP contribution in [0.1, 0.15) is 23.1 Å². The van der Waals surface area contributed by atoms with E-state index >= 15 is 0 Å². The molecule has 0 fully saturated rings. The fraction of sp³-hybridized carbons (Fsp3) is 0.250. The van der Waals surface area contributed by atoms with Crippen molar-refractivity contribution in [2.45, 2.75) is 24.0 Å². The predicted octanol–water partition coefficient (Wildman–Crippen LogP) is 7.25. The summed E-state index contributed by atoms with van der Waals surface area (Å²) in [7, 11) is 0. The zero-order valence-electron chi connectivity index (χ0n) is 14.6. The Labute approximate surface area is 187 Å². The Balaban J connectivity index is 1.64. The van der Waals surface area contributed by atoms with E-state index in [2.05, 4.69) is 9.97 Å². The van der Waals surface area contributed by atoms with Crippen LogP contribution in [0.15, 0.2) is 47.6 Å². The van der Waals surface area contributed by atoms with Crippen LogP contribution in [0.25, 0.3) is 0 Å². The molecule has 0 saturated carbocycles. The van der Waals surface area contributed by atoms with Crippen LogP contribution in [-0.4, -0.2) is 15.7 Å². The molecule has 3 nitrogen and oxygen atoms in total. The maximum Gasteiger partial charge on any atom is 0.106 e. The van der Waals surface area contributed by atoms with Crippen LogP contribution in [0, 0.1) is 5.92 Å². The molecule has 1 aromatic heterocycles. The van der Waals surface area contributed by atoms with Crippen molar-refractivity contribution in [3.63, 3.8) is 0 Å². The minimum absolute atomic E-state index is 0.177. The third-order valence-corrected chi connectivity index (χ3v) is 7.21. The summed E-state index contributed by atoms with van der Waals surface area (Å²) in [4.78, 5) is 8.57. The number of fused-ring (bicyclic) bond motifs is 1. The Hall–Kier alpha value is -0.880. The number of ether oxygens (including phenoxy) is 1. The Kier molecular flexibility index (Phi) is 6.46. The van der Waals surface area contributed by atoms with Gasteiger partial charge in [0.25, 0.3) is 0 Å². The molecule has 0 spiro atoms. The fourth-order valence-corrected chi connectivity index (χ4v) is 5.69. The number of nitrogens with one attached hydrogen (secondary N) is 1. The van der Waals surface area contributed by atoms with Crippen molar-refractivity contribution in [2.75, 3.05) is 5.75 Å². The number of halogens is 4. The predicted molar refractivity (Wildman–Crippen MR) is 117 cm³/mol. The van der Waals surface area contributed by atoms with E-state index in [9.17, 15) is 0 Å². The molecule has 1 aliphatic heterocycles. The number of thioether (sulfide) groups is 1. The second-order valence-corrected chi connectivity index (χ2v) is 9.30. The highest BCUT2D eigenvalue weighted by Gasteiger charge is 2.33. The third kappa shape index (κ3) is 4.48. The zero-order valence-corrected chi connectivity index (χ0v) is 18.4. The smallest absolute Gasteiger partial charge is 0.106 e. The van der Waals surface area contributed by atoms with Gasteiger partial charge in [0.1, 0.15) is 5.82 Å². The number of H-pyrrole nitrogens is 1. The van der Waals surface area contributed by atoms with Gasteiger partial charge in [-0.05, 0) is 35.4 Å². The van der Waals surface area contributed by atoms with Gasteiger partial charge in [-0.3, -0.25) is 0 Å². The van der Waals surface area contributed by atoms with E-state index in [0.717, 1.165) is 34.0 Å². The summed E-state index contributed by atoms with van der Waals surface area (Å²) < 4.78 is 6.39. The van der Waals surface area contributed by atoms with Gasteiger partial charge in [0.2, 0.25) is 0 Å². The van der Waals surface area contributed by atoms with Gasteiger partial charge in [0.15, 0.2) is 0 Å². The highest BCUT2D eigenvalue weighted by Crippen LogP contribution is 2.47. The topological polar surface area (TPSA) is 37.9 Å². The van der Waals surface area contributed by atoms with Gasteiger partial charge in [-0.2, -0.15) is 0 Å². The summed E-state index contributed by atoms with van der Waals surface area (Å²) in [5, 5.41) is 2.44. The van der Waals surface area contributed by atoms with Crippen molar-refractivity contribution in [2.24, 2.45) is 5.92 Å². The van der Waals surface area contributed by atoms with Gasteiger partial charge < -0.3 is 9.72 Å². The van der Waals surface area contributed by atoms with Crippen LogP contribution >= 0.6 is 58.2 Å². The van der Waals surface area contributed by atoms with Gasteiger partial charge in [-0.1, -0.05) is 52.5 Å². The molecule has 146 valence electrons. The van der Waals surface area contributed by atoms with Crippen LogP contribution in [0.4, 0.5) is 0 Å². The summed E-state index contributed by atoms with van der Waals surface area (Å²) in [5.74, 6) is 2.01. The molecule has 2 atom stereocenters. The maximum atomic E-state index is 6.45. The monoisotopic (exact) mass is 472 g/mol. The summed E-state index contributed by atoms with van der Waals surface area (Å²) >= 11 is 26.8.